The van der Waals surface area contributed by atoms with E-state index in [0.29, 0.717) is 57.5 Å². The van der Waals surface area contributed by atoms with Crippen molar-refractivity contribution >= 4 is 45.8 Å². The van der Waals surface area contributed by atoms with Crippen LogP contribution in [0.15, 0.2) is 41.3 Å². The van der Waals surface area contributed by atoms with Crippen LogP contribution in [0.3, 0.4) is 0 Å². The molecule has 11 nitrogen and oxygen atoms in total. The number of anilines is 1. The van der Waals surface area contributed by atoms with Gasteiger partial charge in [-0.25, -0.2) is 13.2 Å². The first-order valence-electron chi connectivity index (χ1n) is 13.4. The normalized spacial score (nSPS) is 18.0. The molecule has 16 heteroatoms. The molecule has 3 aliphatic heterocycles. The topological polar surface area (TPSA) is 143 Å². The van der Waals surface area contributed by atoms with E-state index in [1.807, 2.05) is 0 Å². The molecule has 0 unspecified atom stereocenters. The van der Waals surface area contributed by atoms with Crippen LogP contribution in [0.25, 0.3) is 0 Å². The number of ether oxygens (including phenoxy) is 2. The average Bonchev–Trinajstić information content (AvgIpc) is 3.22. The van der Waals surface area contributed by atoms with Crippen LogP contribution in [0.5, 0.6) is 11.5 Å². The Morgan fingerprint density at radius 3 is 2.33 bits per heavy atom. The van der Waals surface area contributed by atoms with Crippen LogP contribution in [0, 0.1) is 0 Å². The monoisotopic (exact) mass is 646 g/mol. The number of amides is 3. The first kappa shape index (κ1) is 32.4. The van der Waals surface area contributed by atoms with Gasteiger partial charge in [0.05, 0.1) is 21.7 Å². The zero-order chi connectivity index (χ0) is 30.1. The molecule has 2 aromatic rings. The minimum absolute atomic E-state index is 0. The van der Waals surface area contributed by atoms with Crippen LogP contribution in [0.1, 0.15) is 48.0 Å². The lowest BCUT2D eigenvalue weighted by atomic mass is 9.87. The number of sulfonamides is 1. The smallest absolute Gasteiger partial charge is 0.416 e. The molecule has 2 fully saturated rings. The maximum Gasteiger partial charge on any atom is 0.416 e. The predicted molar refractivity (Wildman–Crippen MR) is 150 cm³/mol. The number of imide groups is 1. The van der Waals surface area contributed by atoms with Crippen molar-refractivity contribution in [1.82, 2.24) is 15.5 Å². The summed E-state index contributed by atoms with van der Waals surface area (Å²) in [5.74, 6) is -0.184. The molecule has 3 heterocycles. The van der Waals surface area contributed by atoms with Crippen molar-refractivity contribution in [2.75, 3.05) is 37.6 Å². The van der Waals surface area contributed by atoms with Crippen molar-refractivity contribution in [1.29, 1.82) is 0 Å². The molecule has 0 radical (unpaired) electrons. The Labute approximate surface area is 251 Å². The number of benzene rings is 2. The fourth-order valence-electron chi connectivity index (χ4n) is 5.25. The van der Waals surface area contributed by atoms with Gasteiger partial charge >= 0.3 is 12.2 Å². The molecule has 3 aliphatic rings. The van der Waals surface area contributed by atoms with Crippen LogP contribution < -0.4 is 24.8 Å². The summed E-state index contributed by atoms with van der Waals surface area (Å²) in [4.78, 5) is 38.6. The van der Waals surface area contributed by atoms with Gasteiger partial charge in [0.1, 0.15) is 18.8 Å². The molecular formula is C27H30ClF3N4O7S. The van der Waals surface area contributed by atoms with E-state index in [9.17, 15) is 36.0 Å². The predicted octanol–water partition coefficient (Wildman–Crippen LogP) is 3.73. The molecule has 5 rings (SSSR count). The number of rotatable bonds is 9. The number of hydrogen-bond donors (Lipinski definition) is 3. The Morgan fingerprint density at radius 1 is 1.02 bits per heavy atom. The number of fused-ring (bicyclic) bond motifs is 1. The number of hydrogen-bond acceptors (Lipinski definition) is 8. The Morgan fingerprint density at radius 2 is 1.70 bits per heavy atom. The molecule has 2 saturated heterocycles. The van der Waals surface area contributed by atoms with Crippen molar-refractivity contribution < 1.29 is 45.4 Å². The third-order valence-corrected chi connectivity index (χ3v) is 8.94. The molecule has 2 aromatic carbocycles. The highest BCUT2D eigenvalue weighted by Crippen LogP contribution is 2.39. The number of ketones is 1. The summed E-state index contributed by atoms with van der Waals surface area (Å²) < 4.78 is 78.0. The largest absolute Gasteiger partial charge is 0.486 e. The first-order chi connectivity index (χ1) is 19.9. The molecule has 1 spiro atoms. The third-order valence-electron chi connectivity index (χ3n) is 7.54. The summed E-state index contributed by atoms with van der Waals surface area (Å²) in [7, 11) is -4.27. The van der Waals surface area contributed by atoms with Gasteiger partial charge < -0.3 is 19.7 Å². The number of piperidine rings is 1. The van der Waals surface area contributed by atoms with E-state index in [1.54, 1.807) is 0 Å². The first-order valence-corrected chi connectivity index (χ1v) is 14.9. The summed E-state index contributed by atoms with van der Waals surface area (Å²) in [5, 5.41) is 5.01. The van der Waals surface area contributed by atoms with Crippen LogP contribution in [0.4, 0.5) is 23.7 Å². The van der Waals surface area contributed by atoms with Crippen molar-refractivity contribution in [2.45, 2.75) is 48.7 Å². The average molecular weight is 647 g/mol. The van der Waals surface area contributed by atoms with E-state index in [1.165, 1.54) is 12.1 Å². The molecule has 0 aromatic heterocycles. The summed E-state index contributed by atoms with van der Waals surface area (Å²) in [6.07, 6.45) is -2.22. The summed E-state index contributed by atoms with van der Waals surface area (Å²) in [6, 6.07) is 5.30. The number of nitrogens with one attached hydrogen (secondary N) is 3. The standard InChI is InChI=1S/C27H29F3N4O7S.ClH/c28-27(29,30)17-4-6-19(7-5-17)42(38,39)33-18-15-20(23-22(16-18)40-13-14-41-23)21(35)3-1-2-10-34-11-8-26(9-12-34)24(36)31-25(37)32-26;/h4-7,15-16,33H,1-3,8-14H2,(H2,31,32,36,37);1H. The zero-order valence-electron chi connectivity index (χ0n) is 22.8. The van der Waals surface area contributed by atoms with Crippen molar-refractivity contribution in [2.24, 2.45) is 0 Å². The van der Waals surface area contributed by atoms with Crippen molar-refractivity contribution in [3.63, 3.8) is 0 Å². The fourth-order valence-corrected chi connectivity index (χ4v) is 6.29. The molecule has 0 aliphatic carbocycles. The number of carbonyl (C=O) groups excluding carboxylic acids is 3. The quantitative estimate of drug-likeness (QED) is 0.213. The van der Waals surface area contributed by atoms with Crippen LogP contribution in [0.2, 0.25) is 0 Å². The van der Waals surface area contributed by atoms with Gasteiger partial charge in [0, 0.05) is 25.6 Å². The van der Waals surface area contributed by atoms with Gasteiger partial charge in [0.15, 0.2) is 17.3 Å². The molecular weight excluding hydrogens is 617 g/mol. The Balaban J connectivity index is 0.00000423. The lowest BCUT2D eigenvalue weighted by Crippen LogP contribution is -2.54. The minimum Gasteiger partial charge on any atom is -0.486 e. The number of halogens is 4. The maximum atomic E-state index is 13.2. The lowest BCUT2D eigenvalue weighted by Gasteiger charge is -2.36. The Hall–Kier alpha value is -3.56. The summed E-state index contributed by atoms with van der Waals surface area (Å²) >= 11 is 0. The molecule has 43 heavy (non-hydrogen) atoms. The summed E-state index contributed by atoms with van der Waals surface area (Å²) in [5.41, 5.74) is -1.68. The fraction of sp³-hybridized carbons (Fsp3) is 0.444. The molecule has 0 bridgehead atoms. The number of unbranched alkanes of at least 4 members (excludes halogenated alkanes) is 1. The number of urea groups is 1. The Kier molecular flexibility index (Phi) is 9.47. The van der Waals surface area contributed by atoms with Crippen LogP contribution in [-0.4, -0.2) is 69.4 Å². The highest BCUT2D eigenvalue weighted by Gasteiger charge is 2.47. The zero-order valence-corrected chi connectivity index (χ0v) is 24.4. The van der Waals surface area contributed by atoms with Gasteiger partial charge in [-0.1, -0.05) is 0 Å². The van der Waals surface area contributed by atoms with E-state index in [0.717, 1.165) is 12.1 Å². The maximum absolute atomic E-state index is 13.2. The van der Waals surface area contributed by atoms with Gasteiger partial charge in [0.2, 0.25) is 0 Å². The van der Waals surface area contributed by atoms with Crippen molar-refractivity contribution in [3.8, 4) is 11.5 Å². The molecule has 0 atom stereocenters. The number of nitrogens with zero attached hydrogens (tertiary/aromatic N) is 1. The minimum atomic E-state index is -4.61. The van der Waals surface area contributed by atoms with Gasteiger partial charge in [-0.2, -0.15) is 13.2 Å². The number of alkyl halides is 3. The molecule has 3 amide bonds. The summed E-state index contributed by atoms with van der Waals surface area (Å²) in [6.45, 7) is 2.35. The third kappa shape index (κ3) is 7.16. The van der Waals surface area contributed by atoms with E-state index in [4.69, 9.17) is 9.47 Å². The highest BCUT2D eigenvalue weighted by atomic mass is 35.5. The van der Waals surface area contributed by atoms with Gasteiger partial charge in [0.25, 0.3) is 15.9 Å². The number of Topliss-reactive ketones (excluding diaryl/α,β-unsaturated/α-hetero) is 1. The molecule has 3 N–H and O–H groups in total. The second kappa shape index (κ2) is 12.6. The number of likely N-dealkylation sites (tertiary alicyclic amines) is 1. The SMILES string of the molecule is Cl.O=C1NC(=O)C2(CCN(CCCCC(=O)c3cc(NS(=O)(=O)c4ccc(C(F)(F)F)cc4)cc4c3OCCO4)CC2)N1. The second-order valence-electron chi connectivity index (χ2n) is 10.4. The van der Waals surface area contributed by atoms with E-state index >= 15 is 0 Å². The van der Waals surface area contributed by atoms with Gasteiger partial charge in [-0.15, -0.1) is 12.4 Å². The van der Waals surface area contributed by atoms with E-state index in [2.05, 4.69) is 20.3 Å². The molecule has 234 valence electrons. The van der Waals surface area contributed by atoms with Gasteiger partial charge in [-0.05, 0) is 62.6 Å². The van der Waals surface area contributed by atoms with Gasteiger partial charge in [-0.3, -0.25) is 19.6 Å². The Bertz CT molecular complexity index is 1500. The van der Waals surface area contributed by atoms with Crippen molar-refractivity contribution in [3.05, 3.63) is 47.5 Å². The lowest BCUT2D eigenvalue weighted by molar-refractivity contribution is -0.137. The van der Waals surface area contributed by atoms with E-state index < -0.39 is 33.3 Å². The second-order valence-corrected chi connectivity index (χ2v) is 12.1. The highest BCUT2D eigenvalue weighted by molar-refractivity contribution is 7.92. The van der Waals surface area contributed by atoms with Crippen LogP contribution >= 0.6 is 12.4 Å². The van der Waals surface area contributed by atoms with E-state index in [-0.39, 0.29) is 71.4 Å². The van der Waals surface area contributed by atoms with Crippen LogP contribution in [-0.2, 0) is 21.0 Å². The number of carbonyl (C=O) groups is 3. The molecule has 0 saturated carbocycles.